The molecular formula is C15H33N3O. The average Bonchev–Trinajstić information content (AvgIpc) is 2.44. The van der Waals surface area contributed by atoms with Crippen LogP contribution >= 0.6 is 0 Å². The zero-order valence-electron chi connectivity index (χ0n) is 13.5. The van der Waals surface area contributed by atoms with Gasteiger partial charge in [0.25, 0.3) is 0 Å². The van der Waals surface area contributed by atoms with Gasteiger partial charge in [0.15, 0.2) is 0 Å². The molecule has 0 spiro atoms. The number of likely N-dealkylation sites (tertiary alicyclic amines) is 1. The normalized spacial score (nSPS) is 21.0. The van der Waals surface area contributed by atoms with Crippen molar-refractivity contribution in [3.05, 3.63) is 0 Å². The number of likely N-dealkylation sites (N-methyl/N-ethyl adjacent to an activating group) is 1. The second-order valence-electron chi connectivity index (χ2n) is 6.39. The van der Waals surface area contributed by atoms with Gasteiger partial charge in [-0.05, 0) is 59.8 Å². The predicted molar refractivity (Wildman–Crippen MR) is 81.4 cm³/mol. The molecule has 1 rings (SSSR count). The third-order valence-corrected chi connectivity index (χ3v) is 4.71. The second kappa shape index (κ2) is 7.58. The van der Waals surface area contributed by atoms with E-state index in [9.17, 15) is 0 Å². The molecule has 0 aromatic rings. The Kier molecular flexibility index (Phi) is 6.74. The summed E-state index contributed by atoms with van der Waals surface area (Å²) in [5, 5.41) is 0. The lowest BCUT2D eigenvalue weighted by atomic mass is 9.94. The van der Waals surface area contributed by atoms with Crippen LogP contribution in [0.15, 0.2) is 0 Å². The van der Waals surface area contributed by atoms with Gasteiger partial charge in [-0.1, -0.05) is 6.92 Å². The summed E-state index contributed by atoms with van der Waals surface area (Å²) < 4.78 is 5.55. The predicted octanol–water partition coefficient (Wildman–Crippen LogP) is 1.54. The van der Waals surface area contributed by atoms with E-state index < -0.39 is 0 Å². The molecule has 0 saturated carbocycles. The molecule has 0 aliphatic carbocycles. The van der Waals surface area contributed by atoms with E-state index in [4.69, 9.17) is 10.5 Å². The molecule has 1 unspecified atom stereocenters. The molecule has 1 aliphatic heterocycles. The third-order valence-electron chi connectivity index (χ3n) is 4.71. The SMILES string of the molecule is CCN1CCC(N(C)C(CN)CC(C)(C)OC)CC1. The van der Waals surface area contributed by atoms with Gasteiger partial charge in [-0.15, -0.1) is 0 Å². The van der Waals surface area contributed by atoms with E-state index in [0.29, 0.717) is 18.6 Å². The van der Waals surface area contributed by atoms with Crippen molar-refractivity contribution in [1.82, 2.24) is 9.80 Å². The molecule has 1 heterocycles. The quantitative estimate of drug-likeness (QED) is 0.763. The Bertz CT molecular complexity index is 250. The standard InChI is InChI=1S/C15H33N3O/c1-6-18-9-7-13(8-10-18)17(4)14(12-16)11-15(2,3)19-5/h13-14H,6-12,16H2,1-5H3. The molecular weight excluding hydrogens is 238 g/mol. The maximum Gasteiger partial charge on any atom is 0.0638 e. The van der Waals surface area contributed by atoms with Crippen LogP contribution in [-0.4, -0.2) is 67.8 Å². The summed E-state index contributed by atoms with van der Waals surface area (Å²) in [5.41, 5.74) is 5.89. The minimum atomic E-state index is -0.0948. The van der Waals surface area contributed by atoms with Crippen molar-refractivity contribution in [3.63, 3.8) is 0 Å². The van der Waals surface area contributed by atoms with Gasteiger partial charge < -0.3 is 15.4 Å². The fraction of sp³-hybridized carbons (Fsp3) is 1.00. The highest BCUT2D eigenvalue weighted by molar-refractivity contribution is 4.86. The molecule has 4 heteroatoms. The fourth-order valence-electron chi connectivity index (χ4n) is 2.99. The van der Waals surface area contributed by atoms with Crippen LogP contribution < -0.4 is 5.73 Å². The van der Waals surface area contributed by atoms with Crippen molar-refractivity contribution in [3.8, 4) is 0 Å². The van der Waals surface area contributed by atoms with Gasteiger partial charge >= 0.3 is 0 Å². The Morgan fingerprint density at radius 2 is 1.95 bits per heavy atom. The summed E-state index contributed by atoms with van der Waals surface area (Å²) in [7, 11) is 4.02. The van der Waals surface area contributed by atoms with E-state index in [1.165, 1.54) is 32.5 Å². The molecule has 0 bridgehead atoms. The zero-order chi connectivity index (χ0) is 14.5. The first kappa shape index (κ1) is 16.9. The molecule has 1 aliphatic rings. The van der Waals surface area contributed by atoms with Crippen molar-refractivity contribution in [2.45, 2.75) is 57.7 Å². The smallest absolute Gasteiger partial charge is 0.0638 e. The van der Waals surface area contributed by atoms with Gasteiger partial charge in [-0.2, -0.15) is 0 Å². The highest BCUT2D eigenvalue weighted by Crippen LogP contribution is 2.23. The number of hydrogen-bond donors (Lipinski definition) is 1. The van der Waals surface area contributed by atoms with E-state index in [0.717, 1.165) is 6.42 Å². The van der Waals surface area contributed by atoms with Gasteiger partial charge in [0, 0.05) is 25.7 Å². The Morgan fingerprint density at radius 1 is 1.37 bits per heavy atom. The molecule has 0 aromatic carbocycles. The lowest BCUT2D eigenvalue weighted by Crippen LogP contribution is -2.51. The summed E-state index contributed by atoms with van der Waals surface area (Å²) in [5.74, 6) is 0. The van der Waals surface area contributed by atoms with Crippen LogP contribution in [0, 0.1) is 0 Å². The summed E-state index contributed by atoms with van der Waals surface area (Å²) in [6, 6.07) is 1.08. The maximum atomic E-state index is 5.99. The highest BCUT2D eigenvalue weighted by atomic mass is 16.5. The molecule has 2 N–H and O–H groups in total. The Labute approximate surface area is 119 Å². The first-order chi connectivity index (χ1) is 8.93. The van der Waals surface area contributed by atoms with E-state index in [1.807, 2.05) is 0 Å². The first-order valence-corrected chi connectivity index (χ1v) is 7.63. The largest absolute Gasteiger partial charge is 0.379 e. The topological polar surface area (TPSA) is 41.7 Å². The van der Waals surface area contributed by atoms with Crippen molar-refractivity contribution < 1.29 is 4.74 Å². The van der Waals surface area contributed by atoms with Crippen LogP contribution in [-0.2, 0) is 4.74 Å². The molecule has 4 nitrogen and oxygen atoms in total. The van der Waals surface area contributed by atoms with Crippen LogP contribution in [0.25, 0.3) is 0 Å². The van der Waals surface area contributed by atoms with Crippen molar-refractivity contribution in [2.24, 2.45) is 5.73 Å². The molecule has 0 radical (unpaired) electrons. The number of hydrogen-bond acceptors (Lipinski definition) is 4. The average molecular weight is 271 g/mol. The van der Waals surface area contributed by atoms with Crippen LogP contribution in [0.2, 0.25) is 0 Å². The van der Waals surface area contributed by atoms with Crippen molar-refractivity contribution in [1.29, 1.82) is 0 Å². The maximum absolute atomic E-state index is 5.99. The highest BCUT2D eigenvalue weighted by Gasteiger charge is 2.30. The number of nitrogens with zero attached hydrogens (tertiary/aromatic N) is 2. The Hall–Kier alpha value is -0.160. The van der Waals surface area contributed by atoms with Gasteiger partial charge in [-0.3, -0.25) is 4.90 Å². The minimum Gasteiger partial charge on any atom is -0.379 e. The fourth-order valence-corrected chi connectivity index (χ4v) is 2.99. The van der Waals surface area contributed by atoms with E-state index in [1.54, 1.807) is 7.11 Å². The Balaban J connectivity index is 2.52. The van der Waals surface area contributed by atoms with Gasteiger partial charge in [0.2, 0.25) is 0 Å². The molecule has 114 valence electrons. The van der Waals surface area contributed by atoms with Crippen LogP contribution in [0.4, 0.5) is 0 Å². The van der Waals surface area contributed by atoms with E-state index >= 15 is 0 Å². The third kappa shape index (κ3) is 5.03. The molecule has 0 amide bonds. The van der Waals surface area contributed by atoms with Crippen LogP contribution in [0.1, 0.15) is 40.0 Å². The Morgan fingerprint density at radius 3 is 2.37 bits per heavy atom. The molecule has 1 atom stereocenters. The number of rotatable bonds is 7. The van der Waals surface area contributed by atoms with Crippen molar-refractivity contribution >= 4 is 0 Å². The molecule has 1 fully saturated rings. The molecule has 19 heavy (non-hydrogen) atoms. The second-order valence-corrected chi connectivity index (χ2v) is 6.39. The zero-order valence-corrected chi connectivity index (χ0v) is 13.5. The lowest BCUT2D eigenvalue weighted by molar-refractivity contribution is -0.0139. The van der Waals surface area contributed by atoms with Gasteiger partial charge in [0.05, 0.1) is 5.60 Å². The van der Waals surface area contributed by atoms with Crippen molar-refractivity contribution in [2.75, 3.05) is 40.3 Å². The van der Waals surface area contributed by atoms with Crippen LogP contribution in [0.3, 0.4) is 0 Å². The van der Waals surface area contributed by atoms with Crippen LogP contribution in [0.5, 0.6) is 0 Å². The number of piperidine rings is 1. The van der Waals surface area contributed by atoms with E-state index in [2.05, 4.69) is 37.6 Å². The number of methoxy groups -OCH3 is 1. The summed E-state index contributed by atoms with van der Waals surface area (Å²) in [6.07, 6.45) is 3.51. The van der Waals surface area contributed by atoms with Gasteiger partial charge in [0.1, 0.15) is 0 Å². The first-order valence-electron chi connectivity index (χ1n) is 7.63. The monoisotopic (exact) mass is 271 g/mol. The molecule has 1 saturated heterocycles. The number of nitrogens with two attached hydrogens (primary N) is 1. The summed E-state index contributed by atoms with van der Waals surface area (Å²) in [4.78, 5) is 5.02. The lowest BCUT2D eigenvalue weighted by Gasteiger charge is -2.41. The van der Waals surface area contributed by atoms with E-state index in [-0.39, 0.29) is 5.60 Å². The van der Waals surface area contributed by atoms with Gasteiger partial charge in [-0.25, -0.2) is 0 Å². The summed E-state index contributed by atoms with van der Waals surface area (Å²) >= 11 is 0. The molecule has 0 aromatic heterocycles. The minimum absolute atomic E-state index is 0.0948. The summed E-state index contributed by atoms with van der Waals surface area (Å²) in [6.45, 7) is 10.8. The number of ether oxygens (including phenoxy) is 1.